The van der Waals surface area contributed by atoms with Crippen molar-refractivity contribution >= 4 is 11.5 Å². The standard InChI is InChI=1S/C40H34N4/c1-25-8-16-29(17-9-25)35-36(30-18-10-26(2)11-19-30)42-39(41-35)33-6-5-7-34(24-33)40-43-37(31-20-12-27(3)13-21-31)38(44-40)32-22-14-28(4)15-23-32/h5-24,35H,1-4H3,(H,43,44)/t35-/m0/s1. The molecule has 4 nitrogen and oxygen atoms in total. The third kappa shape index (κ3) is 5.43. The zero-order valence-corrected chi connectivity index (χ0v) is 25.5. The minimum absolute atomic E-state index is 0.165. The fourth-order valence-corrected chi connectivity index (χ4v) is 5.62. The first-order valence-electron chi connectivity index (χ1n) is 15.1. The molecule has 0 radical (unpaired) electrons. The van der Waals surface area contributed by atoms with Crippen molar-refractivity contribution in [2.24, 2.45) is 9.98 Å². The monoisotopic (exact) mass is 570 g/mol. The van der Waals surface area contributed by atoms with Gasteiger partial charge in [-0.05, 0) is 44.9 Å². The lowest BCUT2D eigenvalue weighted by Gasteiger charge is -2.12. The van der Waals surface area contributed by atoms with Crippen LogP contribution in [-0.4, -0.2) is 21.5 Å². The molecule has 214 valence electrons. The molecule has 5 aromatic carbocycles. The molecule has 7 rings (SSSR count). The van der Waals surface area contributed by atoms with Crippen molar-refractivity contribution in [1.82, 2.24) is 9.97 Å². The number of benzene rings is 5. The fourth-order valence-electron chi connectivity index (χ4n) is 5.62. The quantitative estimate of drug-likeness (QED) is 0.213. The van der Waals surface area contributed by atoms with E-state index in [9.17, 15) is 0 Å². The minimum atomic E-state index is -0.165. The van der Waals surface area contributed by atoms with Crippen molar-refractivity contribution in [3.05, 3.63) is 160 Å². The Morgan fingerprint density at radius 2 is 1.05 bits per heavy atom. The number of nitrogens with zero attached hydrogens (tertiary/aromatic N) is 3. The molecule has 1 aromatic heterocycles. The first kappa shape index (κ1) is 27.5. The number of imidazole rings is 1. The molecule has 4 heteroatoms. The van der Waals surface area contributed by atoms with Crippen LogP contribution in [0.1, 0.15) is 45.0 Å². The van der Waals surface area contributed by atoms with Gasteiger partial charge < -0.3 is 4.98 Å². The van der Waals surface area contributed by atoms with Crippen LogP contribution in [0.4, 0.5) is 0 Å². The number of hydrogen-bond acceptors (Lipinski definition) is 3. The van der Waals surface area contributed by atoms with Crippen LogP contribution in [0.5, 0.6) is 0 Å². The van der Waals surface area contributed by atoms with Gasteiger partial charge in [-0.1, -0.05) is 138 Å². The van der Waals surface area contributed by atoms with Crippen molar-refractivity contribution in [1.29, 1.82) is 0 Å². The van der Waals surface area contributed by atoms with Crippen molar-refractivity contribution in [2.75, 3.05) is 0 Å². The smallest absolute Gasteiger partial charge is 0.155 e. The van der Waals surface area contributed by atoms with Gasteiger partial charge in [-0.15, -0.1) is 0 Å². The van der Waals surface area contributed by atoms with Gasteiger partial charge in [0.2, 0.25) is 0 Å². The van der Waals surface area contributed by atoms with E-state index in [-0.39, 0.29) is 6.04 Å². The van der Waals surface area contributed by atoms with Gasteiger partial charge in [0, 0.05) is 22.3 Å². The highest BCUT2D eigenvalue weighted by atomic mass is 15.0. The number of nitrogens with one attached hydrogen (secondary N) is 1. The molecule has 0 amide bonds. The second-order valence-corrected chi connectivity index (χ2v) is 11.8. The number of aliphatic imine (C=N–C) groups is 2. The SMILES string of the molecule is Cc1ccc(C2=NC(c3cccc(-c4nc(-c5ccc(C)cc5)c(-c5ccc(C)cc5)[nH]4)c3)=N[C@H]2c2ccc(C)cc2)cc1. The van der Waals surface area contributed by atoms with Gasteiger partial charge in [0.25, 0.3) is 0 Å². The molecule has 1 aliphatic rings. The molecule has 0 aliphatic carbocycles. The van der Waals surface area contributed by atoms with E-state index in [4.69, 9.17) is 15.0 Å². The maximum Gasteiger partial charge on any atom is 0.155 e. The summed E-state index contributed by atoms with van der Waals surface area (Å²) < 4.78 is 0. The number of aromatic nitrogens is 2. The van der Waals surface area contributed by atoms with Gasteiger partial charge in [0.1, 0.15) is 11.9 Å². The maximum absolute atomic E-state index is 5.19. The Labute approximate surface area is 258 Å². The zero-order chi connectivity index (χ0) is 30.2. The Bertz CT molecular complexity index is 1950. The predicted molar refractivity (Wildman–Crippen MR) is 183 cm³/mol. The lowest BCUT2D eigenvalue weighted by atomic mass is 9.96. The van der Waals surface area contributed by atoms with E-state index < -0.39 is 0 Å². The fraction of sp³-hybridized carbons (Fsp3) is 0.125. The zero-order valence-electron chi connectivity index (χ0n) is 25.5. The summed E-state index contributed by atoms with van der Waals surface area (Å²) in [7, 11) is 0. The van der Waals surface area contributed by atoms with Crippen LogP contribution in [-0.2, 0) is 0 Å². The van der Waals surface area contributed by atoms with Crippen LogP contribution < -0.4 is 0 Å². The van der Waals surface area contributed by atoms with Gasteiger partial charge in [-0.25, -0.2) is 9.98 Å². The molecule has 1 aliphatic heterocycles. The van der Waals surface area contributed by atoms with E-state index in [2.05, 4.69) is 154 Å². The van der Waals surface area contributed by atoms with E-state index in [1.165, 1.54) is 22.3 Å². The minimum Gasteiger partial charge on any atom is -0.337 e. The first-order valence-corrected chi connectivity index (χ1v) is 15.1. The summed E-state index contributed by atoms with van der Waals surface area (Å²) >= 11 is 0. The molecule has 1 N–H and O–H groups in total. The highest BCUT2D eigenvalue weighted by molar-refractivity contribution is 6.19. The van der Waals surface area contributed by atoms with Gasteiger partial charge >= 0.3 is 0 Å². The molecule has 44 heavy (non-hydrogen) atoms. The summed E-state index contributed by atoms with van der Waals surface area (Å²) in [5, 5.41) is 0. The van der Waals surface area contributed by atoms with E-state index >= 15 is 0 Å². The summed E-state index contributed by atoms with van der Waals surface area (Å²) in [6.07, 6.45) is 0. The van der Waals surface area contributed by atoms with Crippen LogP contribution in [0.2, 0.25) is 0 Å². The van der Waals surface area contributed by atoms with E-state index in [0.29, 0.717) is 0 Å². The van der Waals surface area contributed by atoms with E-state index in [1.807, 2.05) is 0 Å². The highest BCUT2D eigenvalue weighted by Crippen LogP contribution is 2.35. The summed E-state index contributed by atoms with van der Waals surface area (Å²) in [5.74, 6) is 1.55. The lowest BCUT2D eigenvalue weighted by Crippen LogP contribution is -2.09. The van der Waals surface area contributed by atoms with Gasteiger partial charge in [0.05, 0.1) is 17.1 Å². The average molecular weight is 571 g/mol. The molecule has 0 unspecified atom stereocenters. The Morgan fingerprint density at radius 1 is 0.523 bits per heavy atom. The van der Waals surface area contributed by atoms with Crippen LogP contribution in [0.3, 0.4) is 0 Å². The van der Waals surface area contributed by atoms with Gasteiger partial charge in [-0.3, -0.25) is 4.99 Å². The predicted octanol–water partition coefficient (Wildman–Crippen LogP) is 9.64. The Kier molecular flexibility index (Phi) is 7.11. The maximum atomic E-state index is 5.19. The number of aromatic amines is 1. The topological polar surface area (TPSA) is 53.4 Å². The Morgan fingerprint density at radius 3 is 1.66 bits per heavy atom. The molecular weight excluding hydrogens is 536 g/mol. The largest absolute Gasteiger partial charge is 0.337 e. The molecule has 0 spiro atoms. The van der Waals surface area contributed by atoms with Crippen molar-refractivity contribution in [3.8, 4) is 33.9 Å². The molecule has 0 saturated carbocycles. The van der Waals surface area contributed by atoms with Gasteiger partial charge in [0.15, 0.2) is 5.84 Å². The van der Waals surface area contributed by atoms with E-state index in [1.54, 1.807) is 0 Å². The van der Waals surface area contributed by atoms with Crippen molar-refractivity contribution in [2.45, 2.75) is 33.7 Å². The number of aryl methyl sites for hydroxylation is 4. The Balaban J connectivity index is 1.31. The third-order valence-electron chi connectivity index (χ3n) is 8.24. The van der Waals surface area contributed by atoms with Crippen LogP contribution >= 0.6 is 0 Å². The third-order valence-corrected chi connectivity index (χ3v) is 8.24. The second kappa shape index (κ2) is 11.4. The lowest BCUT2D eigenvalue weighted by molar-refractivity contribution is 0.984. The number of H-pyrrole nitrogens is 1. The van der Waals surface area contributed by atoms with Crippen LogP contribution in [0.25, 0.3) is 33.9 Å². The van der Waals surface area contributed by atoms with Gasteiger partial charge in [-0.2, -0.15) is 0 Å². The van der Waals surface area contributed by atoms with Crippen molar-refractivity contribution in [3.63, 3.8) is 0 Å². The second-order valence-electron chi connectivity index (χ2n) is 11.8. The summed E-state index contributed by atoms with van der Waals surface area (Å²) in [6, 6.07) is 42.5. The molecule has 0 bridgehead atoms. The highest BCUT2D eigenvalue weighted by Gasteiger charge is 2.27. The summed E-state index contributed by atoms with van der Waals surface area (Å²) in [6.45, 7) is 8.43. The molecule has 0 fully saturated rings. The molecule has 2 heterocycles. The average Bonchev–Trinajstić information content (AvgIpc) is 3.69. The Hall–Kier alpha value is -5.35. The summed E-state index contributed by atoms with van der Waals surface area (Å²) in [5.41, 5.74) is 14.2. The molecular formula is C40H34N4. The van der Waals surface area contributed by atoms with E-state index in [0.717, 1.165) is 62.1 Å². The normalized spacial score (nSPS) is 14.4. The molecule has 0 saturated heterocycles. The van der Waals surface area contributed by atoms with Crippen LogP contribution in [0.15, 0.2) is 131 Å². The number of amidine groups is 1. The van der Waals surface area contributed by atoms with Crippen LogP contribution in [0, 0.1) is 27.7 Å². The number of hydrogen-bond donors (Lipinski definition) is 1. The summed E-state index contributed by atoms with van der Waals surface area (Å²) in [4.78, 5) is 19.1. The number of rotatable bonds is 6. The first-order chi connectivity index (χ1) is 21.4. The molecule has 6 aromatic rings. The van der Waals surface area contributed by atoms with Crippen molar-refractivity contribution < 1.29 is 0 Å². The molecule has 1 atom stereocenters.